The molecule has 0 amide bonds. The fraction of sp³-hybridized carbons (Fsp3) is 0.364. The molecule has 0 spiro atoms. The number of fused-ring (bicyclic) bond motifs is 4. The van der Waals surface area contributed by atoms with E-state index in [1.54, 1.807) is 0 Å². The summed E-state index contributed by atoms with van der Waals surface area (Å²) in [7, 11) is 0. The number of hydrogen-bond acceptors (Lipinski definition) is 6. The monoisotopic (exact) mass is 664 g/mol. The zero-order chi connectivity index (χ0) is 33.6. The van der Waals surface area contributed by atoms with Crippen molar-refractivity contribution in [3.8, 4) is 34.4 Å². The average molecular weight is 665 g/mol. The second kappa shape index (κ2) is 13.1. The minimum atomic E-state index is 0.496. The first-order chi connectivity index (χ1) is 24.7. The lowest BCUT2D eigenvalue weighted by molar-refractivity contribution is 0.328. The van der Waals surface area contributed by atoms with E-state index in [1.165, 1.54) is 75.3 Å². The molecule has 2 fully saturated rings. The van der Waals surface area contributed by atoms with Gasteiger partial charge in [-0.25, -0.2) is 9.97 Å². The van der Waals surface area contributed by atoms with Crippen LogP contribution in [0.2, 0.25) is 0 Å². The van der Waals surface area contributed by atoms with E-state index >= 15 is 0 Å². The van der Waals surface area contributed by atoms with Gasteiger partial charge in [0.2, 0.25) is 11.8 Å². The number of oxazole rings is 2. The molecule has 2 heterocycles. The molecule has 0 N–H and O–H groups in total. The van der Waals surface area contributed by atoms with Crippen LogP contribution >= 0.6 is 0 Å². The zero-order valence-electron chi connectivity index (χ0n) is 29.1. The van der Waals surface area contributed by atoms with E-state index in [0.29, 0.717) is 36.8 Å². The summed E-state index contributed by atoms with van der Waals surface area (Å²) < 4.78 is 25.7. The van der Waals surface area contributed by atoms with E-state index in [0.717, 1.165) is 66.4 Å². The Kier molecular flexibility index (Phi) is 8.18. The van der Waals surface area contributed by atoms with Gasteiger partial charge < -0.3 is 18.3 Å². The molecule has 0 aliphatic heterocycles. The SMILES string of the molecule is CCOc1cc2oc(-c3c4ccccc4c(-c4nc5cc(C6CCCCC6)c(OCC)cc5o4)c4ccccc34)nc2cc1C1CCCCC1. The van der Waals surface area contributed by atoms with E-state index in [-0.39, 0.29) is 0 Å². The molecule has 254 valence electrons. The van der Waals surface area contributed by atoms with Crippen LogP contribution in [0, 0.1) is 0 Å². The first kappa shape index (κ1) is 31.2. The predicted molar refractivity (Wildman–Crippen MR) is 201 cm³/mol. The maximum absolute atomic E-state index is 6.66. The summed E-state index contributed by atoms with van der Waals surface area (Å²) in [4.78, 5) is 10.4. The molecule has 2 saturated carbocycles. The zero-order valence-corrected chi connectivity index (χ0v) is 29.1. The largest absolute Gasteiger partial charge is 0.493 e. The third-order valence-electron chi connectivity index (χ3n) is 11.1. The molecule has 0 saturated heterocycles. The molecule has 0 atom stereocenters. The molecule has 0 bridgehead atoms. The fourth-order valence-electron chi connectivity index (χ4n) is 8.77. The summed E-state index contributed by atoms with van der Waals surface area (Å²) in [6.45, 7) is 5.33. The van der Waals surface area contributed by atoms with Gasteiger partial charge >= 0.3 is 0 Å². The van der Waals surface area contributed by atoms with Crippen molar-refractivity contribution in [1.82, 2.24) is 9.97 Å². The van der Waals surface area contributed by atoms with Crippen molar-refractivity contribution in [3.05, 3.63) is 83.9 Å². The Bertz CT molecular complexity index is 2120. The molecule has 6 nitrogen and oxygen atoms in total. The van der Waals surface area contributed by atoms with Gasteiger partial charge in [-0.15, -0.1) is 0 Å². The van der Waals surface area contributed by atoms with Crippen molar-refractivity contribution in [2.24, 2.45) is 0 Å². The third-order valence-corrected chi connectivity index (χ3v) is 11.1. The third kappa shape index (κ3) is 5.40. The van der Waals surface area contributed by atoms with Gasteiger partial charge in [-0.1, -0.05) is 87.1 Å². The van der Waals surface area contributed by atoms with Gasteiger partial charge in [0.1, 0.15) is 22.5 Å². The Morgan fingerprint density at radius 1 is 0.540 bits per heavy atom. The molecular formula is C44H44N2O4. The minimum Gasteiger partial charge on any atom is -0.493 e. The molecule has 6 heteroatoms. The van der Waals surface area contributed by atoms with Gasteiger partial charge in [-0.05, 0) is 96.2 Å². The predicted octanol–water partition coefficient (Wildman–Crippen LogP) is 12.5. The molecule has 2 aliphatic rings. The highest BCUT2D eigenvalue weighted by Crippen LogP contribution is 2.47. The van der Waals surface area contributed by atoms with Crippen LogP contribution in [-0.2, 0) is 0 Å². The number of nitrogens with zero attached hydrogens (tertiary/aromatic N) is 2. The lowest BCUT2D eigenvalue weighted by atomic mass is 9.83. The maximum Gasteiger partial charge on any atom is 0.228 e. The number of hydrogen-bond donors (Lipinski definition) is 0. The lowest BCUT2D eigenvalue weighted by Gasteiger charge is -2.24. The van der Waals surface area contributed by atoms with Crippen molar-refractivity contribution < 1.29 is 18.3 Å². The van der Waals surface area contributed by atoms with Gasteiger partial charge in [0.15, 0.2) is 11.2 Å². The quantitative estimate of drug-likeness (QED) is 0.151. The van der Waals surface area contributed by atoms with Crippen molar-refractivity contribution in [2.75, 3.05) is 13.2 Å². The molecule has 9 rings (SSSR count). The highest BCUT2D eigenvalue weighted by atomic mass is 16.5. The Balaban J connectivity index is 1.22. The van der Waals surface area contributed by atoms with E-state index < -0.39 is 0 Å². The Hall–Kier alpha value is -4.84. The average Bonchev–Trinajstić information content (AvgIpc) is 3.77. The number of ether oxygens (including phenoxy) is 2. The van der Waals surface area contributed by atoms with Gasteiger partial charge in [0.25, 0.3) is 0 Å². The molecule has 0 radical (unpaired) electrons. The van der Waals surface area contributed by atoms with Crippen LogP contribution in [0.15, 0.2) is 81.6 Å². The summed E-state index contributed by atoms with van der Waals surface area (Å²) in [5.41, 5.74) is 7.72. The van der Waals surface area contributed by atoms with Crippen molar-refractivity contribution in [2.45, 2.75) is 89.9 Å². The van der Waals surface area contributed by atoms with Crippen LogP contribution in [0.5, 0.6) is 11.5 Å². The molecular weight excluding hydrogens is 620 g/mol. The molecule has 50 heavy (non-hydrogen) atoms. The fourth-order valence-corrected chi connectivity index (χ4v) is 8.77. The smallest absolute Gasteiger partial charge is 0.228 e. The topological polar surface area (TPSA) is 70.5 Å². The second-order valence-corrected chi connectivity index (χ2v) is 14.1. The highest BCUT2D eigenvalue weighted by molar-refractivity contribution is 6.20. The van der Waals surface area contributed by atoms with Crippen LogP contribution in [0.25, 0.3) is 66.7 Å². The first-order valence-electron chi connectivity index (χ1n) is 18.8. The van der Waals surface area contributed by atoms with E-state index in [4.69, 9.17) is 28.3 Å². The summed E-state index contributed by atoms with van der Waals surface area (Å²) in [6.07, 6.45) is 12.4. The van der Waals surface area contributed by atoms with Crippen molar-refractivity contribution in [1.29, 1.82) is 0 Å². The molecule has 0 unspecified atom stereocenters. The van der Waals surface area contributed by atoms with Crippen molar-refractivity contribution in [3.63, 3.8) is 0 Å². The Morgan fingerprint density at radius 2 is 0.920 bits per heavy atom. The highest BCUT2D eigenvalue weighted by Gasteiger charge is 2.26. The van der Waals surface area contributed by atoms with Gasteiger partial charge in [0.05, 0.1) is 24.3 Å². The summed E-state index contributed by atoms with van der Waals surface area (Å²) in [6, 6.07) is 25.5. The molecule has 2 aromatic heterocycles. The number of benzene rings is 5. The number of rotatable bonds is 8. The van der Waals surface area contributed by atoms with Crippen LogP contribution in [0.1, 0.15) is 101 Å². The van der Waals surface area contributed by atoms with Crippen LogP contribution in [0.4, 0.5) is 0 Å². The summed E-state index contributed by atoms with van der Waals surface area (Å²) in [5, 5.41) is 4.19. The first-order valence-corrected chi connectivity index (χ1v) is 18.8. The lowest BCUT2D eigenvalue weighted by Crippen LogP contribution is -2.07. The van der Waals surface area contributed by atoms with Crippen LogP contribution < -0.4 is 9.47 Å². The van der Waals surface area contributed by atoms with E-state index in [2.05, 4.69) is 72.8 Å². The normalized spacial score (nSPS) is 16.2. The molecule has 2 aliphatic carbocycles. The van der Waals surface area contributed by atoms with Crippen molar-refractivity contribution >= 4 is 43.7 Å². The molecule has 5 aromatic carbocycles. The van der Waals surface area contributed by atoms with Gasteiger partial charge in [0, 0.05) is 12.1 Å². The van der Waals surface area contributed by atoms with Crippen LogP contribution in [-0.4, -0.2) is 23.2 Å². The molecule has 7 aromatic rings. The van der Waals surface area contributed by atoms with E-state index in [9.17, 15) is 0 Å². The summed E-state index contributed by atoms with van der Waals surface area (Å²) in [5.74, 6) is 4.06. The van der Waals surface area contributed by atoms with E-state index in [1.807, 2.05) is 13.8 Å². The Morgan fingerprint density at radius 3 is 1.28 bits per heavy atom. The minimum absolute atomic E-state index is 0.496. The Labute approximate surface area is 292 Å². The van der Waals surface area contributed by atoms with Gasteiger partial charge in [-0.2, -0.15) is 0 Å². The maximum atomic E-state index is 6.66. The standard InChI is InChI=1S/C44H44N2O4/c1-3-47-37-25-39-35(23-33(37)27-15-7-5-8-16-27)45-43(49-39)41-29-19-11-13-21-31(29)42(32-22-14-12-20-30(32)41)44-46-36-24-34(28-17-9-6-10-18-28)38(48-4-2)26-40(36)50-44/h11-14,19-28H,3-10,15-18H2,1-2H3. The van der Waals surface area contributed by atoms with Crippen LogP contribution in [0.3, 0.4) is 0 Å². The van der Waals surface area contributed by atoms with Gasteiger partial charge in [-0.3, -0.25) is 0 Å². The number of aromatic nitrogens is 2. The summed E-state index contributed by atoms with van der Waals surface area (Å²) >= 11 is 0. The second-order valence-electron chi connectivity index (χ2n) is 14.1.